The Labute approximate surface area is 83.8 Å². The van der Waals surface area contributed by atoms with Crippen molar-refractivity contribution in [2.75, 3.05) is 0 Å². The molecule has 0 saturated heterocycles. The van der Waals surface area contributed by atoms with Crippen LogP contribution in [0.4, 0.5) is 5.88 Å². The van der Waals surface area contributed by atoms with Gasteiger partial charge in [0.2, 0.25) is 0 Å². The van der Waals surface area contributed by atoms with Gasteiger partial charge in [0, 0.05) is 6.42 Å². The molecule has 4 nitrogen and oxygen atoms in total. The highest BCUT2D eigenvalue weighted by molar-refractivity contribution is 5.19. The molecule has 0 radical (unpaired) electrons. The summed E-state index contributed by atoms with van der Waals surface area (Å²) < 4.78 is 12.5. The van der Waals surface area contributed by atoms with Crippen molar-refractivity contribution in [3.05, 3.63) is 40.6 Å². The van der Waals surface area contributed by atoms with Gasteiger partial charge in [0.05, 0.1) is 7.44 Å². The largest absolute Gasteiger partial charge is 0.433 e. The van der Waals surface area contributed by atoms with Gasteiger partial charge >= 0.3 is 5.88 Å². The topological polar surface area (TPSA) is 56.3 Å². The summed E-state index contributed by atoms with van der Waals surface area (Å²) >= 11 is 0. The van der Waals surface area contributed by atoms with Crippen LogP contribution in [-0.2, 0) is 6.42 Å². The van der Waals surface area contributed by atoms with Crippen LogP contribution in [0.15, 0.2) is 29.2 Å². The minimum atomic E-state index is -0.577. The maximum atomic E-state index is 10.4. The van der Waals surface area contributed by atoms with Gasteiger partial charge in [0.15, 0.2) is 0 Å². The summed E-state index contributed by atoms with van der Waals surface area (Å²) in [7, 11) is 0. The molecule has 0 aliphatic heterocycles. The number of hydrogen-bond acceptors (Lipinski definition) is 3. The highest BCUT2D eigenvalue weighted by Gasteiger charge is 2.19. The van der Waals surface area contributed by atoms with E-state index < -0.39 is 10.3 Å². The Morgan fingerprint density at radius 2 is 2.43 bits per heavy atom. The summed E-state index contributed by atoms with van der Waals surface area (Å²) in [5, 5.41) is 10.4. The Kier molecular flexibility index (Phi) is 2.35. The number of nitrogens with zero attached hydrogens (tertiary/aromatic N) is 1. The summed E-state index contributed by atoms with van der Waals surface area (Å²) in [6.07, 6.45) is 0.434. The molecule has 0 aliphatic rings. The molecule has 1 aromatic rings. The summed E-state index contributed by atoms with van der Waals surface area (Å²) in [5.41, 5.74) is -0.439. The standard InChI is InChI=1S/C10H13NO3/c1-4-10(2,3)7-8-5-6-9(14-8)11(12)13/h4-6H,1,7H2,2-3H3/i4D. The second-order valence-corrected chi connectivity index (χ2v) is 3.73. The van der Waals surface area contributed by atoms with Gasteiger partial charge in [-0.3, -0.25) is 10.1 Å². The van der Waals surface area contributed by atoms with E-state index in [0.717, 1.165) is 0 Å². The number of hydrogen-bond donors (Lipinski definition) is 0. The van der Waals surface area contributed by atoms with Crippen LogP contribution in [0.2, 0.25) is 0 Å². The molecule has 0 amide bonds. The Hall–Kier alpha value is -1.58. The zero-order valence-electron chi connectivity index (χ0n) is 9.24. The molecule has 0 saturated carbocycles. The van der Waals surface area contributed by atoms with Crippen LogP contribution in [0.1, 0.15) is 21.0 Å². The minimum absolute atomic E-state index is 0.267. The van der Waals surface area contributed by atoms with E-state index in [9.17, 15) is 10.1 Å². The third-order valence-corrected chi connectivity index (χ3v) is 1.92. The van der Waals surface area contributed by atoms with Gasteiger partial charge in [0.1, 0.15) is 10.7 Å². The van der Waals surface area contributed by atoms with Gasteiger partial charge in [-0.2, -0.15) is 0 Å². The lowest BCUT2D eigenvalue weighted by molar-refractivity contribution is -0.402. The summed E-state index contributed by atoms with van der Waals surface area (Å²) in [4.78, 5) is 9.79. The summed E-state index contributed by atoms with van der Waals surface area (Å²) in [5.74, 6) is 0.233. The molecule has 1 rings (SSSR count). The first-order chi connectivity index (χ1) is 6.83. The lowest BCUT2D eigenvalue weighted by Gasteiger charge is -2.16. The van der Waals surface area contributed by atoms with Crippen molar-refractivity contribution in [3.8, 4) is 0 Å². The van der Waals surface area contributed by atoms with Crippen molar-refractivity contribution in [2.45, 2.75) is 20.3 Å². The molecule has 4 heteroatoms. The fourth-order valence-corrected chi connectivity index (χ4v) is 1.06. The molecule has 1 aromatic heterocycles. The van der Waals surface area contributed by atoms with Crippen LogP contribution in [0.3, 0.4) is 0 Å². The minimum Gasteiger partial charge on any atom is -0.406 e. The van der Waals surface area contributed by atoms with Gasteiger partial charge in [-0.25, -0.2) is 0 Å². The fourth-order valence-electron chi connectivity index (χ4n) is 1.06. The van der Waals surface area contributed by atoms with E-state index in [-0.39, 0.29) is 11.9 Å². The van der Waals surface area contributed by atoms with Gasteiger partial charge < -0.3 is 4.42 Å². The zero-order chi connectivity index (χ0) is 11.6. The maximum absolute atomic E-state index is 10.4. The molecule has 0 bridgehead atoms. The number of rotatable bonds is 4. The highest BCUT2D eigenvalue weighted by atomic mass is 16.6. The Balaban J connectivity index is 2.82. The summed E-state index contributed by atoms with van der Waals surface area (Å²) in [6, 6.07) is 3.16. The smallest absolute Gasteiger partial charge is 0.406 e. The highest BCUT2D eigenvalue weighted by Crippen LogP contribution is 2.25. The average Bonchev–Trinajstić information content (AvgIpc) is 2.51. The van der Waals surface area contributed by atoms with E-state index in [0.29, 0.717) is 12.2 Å². The predicted molar refractivity (Wildman–Crippen MR) is 53.0 cm³/mol. The normalized spacial score (nSPS) is 12.3. The number of allylic oxidation sites excluding steroid dienone is 1. The average molecular weight is 196 g/mol. The maximum Gasteiger partial charge on any atom is 0.433 e. The number of furan rings is 1. The van der Waals surface area contributed by atoms with E-state index in [1.54, 1.807) is 6.07 Å². The second-order valence-electron chi connectivity index (χ2n) is 3.73. The first kappa shape index (κ1) is 8.99. The van der Waals surface area contributed by atoms with Crippen molar-refractivity contribution in [1.29, 1.82) is 0 Å². The Morgan fingerprint density at radius 1 is 1.79 bits per heavy atom. The molecule has 0 N–H and O–H groups in total. The van der Waals surface area contributed by atoms with Crippen LogP contribution in [0.25, 0.3) is 0 Å². The summed E-state index contributed by atoms with van der Waals surface area (Å²) in [6.45, 7) is 7.24. The molecule has 0 spiro atoms. The molecule has 76 valence electrons. The van der Waals surface area contributed by atoms with E-state index in [1.165, 1.54) is 6.07 Å². The van der Waals surface area contributed by atoms with Crippen LogP contribution in [0, 0.1) is 15.5 Å². The van der Waals surface area contributed by atoms with E-state index >= 15 is 0 Å². The van der Waals surface area contributed by atoms with E-state index in [1.807, 2.05) is 13.8 Å². The van der Waals surface area contributed by atoms with Gasteiger partial charge in [-0.05, 0) is 11.5 Å². The Morgan fingerprint density at radius 3 is 2.86 bits per heavy atom. The van der Waals surface area contributed by atoms with Crippen molar-refractivity contribution < 1.29 is 10.7 Å². The second kappa shape index (κ2) is 3.65. The third kappa shape index (κ3) is 2.45. The van der Waals surface area contributed by atoms with Crippen LogP contribution in [-0.4, -0.2) is 4.92 Å². The predicted octanol–water partition coefficient (Wildman–Crippen LogP) is 2.94. The van der Waals surface area contributed by atoms with Crippen molar-refractivity contribution in [1.82, 2.24) is 0 Å². The molecule has 1 heterocycles. The third-order valence-electron chi connectivity index (χ3n) is 1.92. The van der Waals surface area contributed by atoms with Crippen LogP contribution < -0.4 is 0 Å². The van der Waals surface area contributed by atoms with E-state index in [2.05, 4.69) is 6.58 Å². The molecular formula is C10H13NO3. The first-order valence-corrected chi connectivity index (χ1v) is 4.22. The van der Waals surface area contributed by atoms with Gasteiger partial charge in [0.25, 0.3) is 0 Å². The SMILES string of the molecule is [2H]C(=C)C(C)(C)Cc1ccc([N+](=O)[O-])o1. The van der Waals surface area contributed by atoms with Crippen molar-refractivity contribution in [3.63, 3.8) is 0 Å². The first-order valence-electron chi connectivity index (χ1n) is 4.72. The molecule has 0 fully saturated rings. The van der Waals surface area contributed by atoms with Gasteiger partial charge in [-0.15, -0.1) is 6.58 Å². The molecule has 0 aromatic carbocycles. The van der Waals surface area contributed by atoms with Crippen LogP contribution in [0.5, 0.6) is 0 Å². The van der Waals surface area contributed by atoms with Crippen molar-refractivity contribution >= 4 is 5.88 Å². The molecular weight excluding hydrogens is 182 g/mol. The molecule has 14 heavy (non-hydrogen) atoms. The van der Waals surface area contributed by atoms with Crippen LogP contribution >= 0.6 is 0 Å². The lowest BCUT2D eigenvalue weighted by atomic mass is 9.89. The Bertz CT molecular complexity index is 395. The lowest BCUT2D eigenvalue weighted by Crippen LogP contribution is -2.10. The van der Waals surface area contributed by atoms with Gasteiger partial charge in [-0.1, -0.05) is 19.9 Å². The molecule has 0 atom stereocenters. The molecule has 0 unspecified atom stereocenters. The zero-order valence-corrected chi connectivity index (χ0v) is 8.24. The molecule has 0 aliphatic carbocycles. The van der Waals surface area contributed by atoms with Crippen molar-refractivity contribution in [2.24, 2.45) is 5.41 Å². The number of nitro groups is 1. The quantitative estimate of drug-likeness (QED) is 0.422. The fraction of sp³-hybridized carbons (Fsp3) is 0.400. The monoisotopic (exact) mass is 196 g/mol. The van der Waals surface area contributed by atoms with E-state index in [4.69, 9.17) is 5.79 Å².